The second-order valence-corrected chi connectivity index (χ2v) is 5.17. The van der Waals surface area contributed by atoms with E-state index < -0.39 is 23.4 Å². The molecule has 0 aliphatic carbocycles. The molecule has 26 heavy (non-hydrogen) atoms. The maximum absolute atomic E-state index is 11.8. The highest BCUT2D eigenvalue weighted by Gasteiger charge is 2.19. The SMILES string of the molecule is N=C(CCC(=N)C(=O)Oc1ccccc1O)C(=O)Oc1ccccc1O. The summed E-state index contributed by atoms with van der Waals surface area (Å²) in [4.78, 5) is 23.6. The Bertz CT molecular complexity index is 791. The lowest BCUT2D eigenvalue weighted by Crippen LogP contribution is -2.24. The highest BCUT2D eigenvalue weighted by Crippen LogP contribution is 2.25. The lowest BCUT2D eigenvalue weighted by atomic mass is 10.1. The van der Waals surface area contributed by atoms with Gasteiger partial charge in [0.2, 0.25) is 0 Å². The van der Waals surface area contributed by atoms with Gasteiger partial charge in [-0.1, -0.05) is 24.3 Å². The van der Waals surface area contributed by atoms with Crippen molar-refractivity contribution in [3.05, 3.63) is 48.5 Å². The number of phenols is 2. The summed E-state index contributed by atoms with van der Waals surface area (Å²) < 4.78 is 9.76. The molecule has 134 valence electrons. The fourth-order valence-electron chi connectivity index (χ4n) is 1.86. The number of hydrogen-bond acceptors (Lipinski definition) is 8. The standard InChI is InChI=1S/C18H16N2O6/c19-11(17(23)25-15-7-3-1-5-13(15)21)9-10-12(20)18(24)26-16-8-4-2-6-14(16)22/h1-8,19-22H,9-10H2. The van der Waals surface area contributed by atoms with E-state index in [0.717, 1.165) is 0 Å². The molecule has 0 atom stereocenters. The largest absolute Gasteiger partial charge is 0.504 e. The molecule has 0 saturated carbocycles. The van der Waals surface area contributed by atoms with Crippen LogP contribution >= 0.6 is 0 Å². The molecule has 8 nitrogen and oxygen atoms in total. The topological polar surface area (TPSA) is 141 Å². The Morgan fingerprint density at radius 1 is 0.731 bits per heavy atom. The predicted molar refractivity (Wildman–Crippen MR) is 92.2 cm³/mol. The average Bonchev–Trinajstić information content (AvgIpc) is 2.63. The van der Waals surface area contributed by atoms with Crippen molar-refractivity contribution in [2.75, 3.05) is 0 Å². The van der Waals surface area contributed by atoms with Crippen molar-refractivity contribution in [2.24, 2.45) is 0 Å². The Balaban J connectivity index is 1.85. The first-order valence-corrected chi connectivity index (χ1v) is 7.53. The van der Waals surface area contributed by atoms with Gasteiger partial charge < -0.3 is 19.7 Å². The van der Waals surface area contributed by atoms with Crippen LogP contribution in [0, 0.1) is 10.8 Å². The van der Waals surface area contributed by atoms with Crippen LogP contribution in [0.1, 0.15) is 12.8 Å². The molecule has 0 bridgehead atoms. The number of benzene rings is 2. The van der Waals surface area contributed by atoms with Gasteiger partial charge in [0.1, 0.15) is 11.4 Å². The molecule has 0 heterocycles. The quantitative estimate of drug-likeness (QED) is 0.341. The number of ether oxygens (including phenoxy) is 2. The number of nitrogens with one attached hydrogen (secondary N) is 2. The molecule has 0 aromatic heterocycles. The summed E-state index contributed by atoms with van der Waals surface area (Å²) in [6, 6.07) is 11.6. The van der Waals surface area contributed by atoms with Crippen molar-refractivity contribution >= 4 is 23.4 Å². The molecule has 0 amide bonds. The Labute approximate surface area is 148 Å². The van der Waals surface area contributed by atoms with E-state index >= 15 is 0 Å². The number of rotatable bonds is 7. The van der Waals surface area contributed by atoms with Crippen LogP contribution in [0.5, 0.6) is 23.0 Å². The highest BCUT2D eigenvalue weighted by atomic mass is 16.5. The van der Waals surface area contributed by atoms with Crippen LogP contribution in [-0.4, -0.2) is 33.6 Å². The van der Waals surface area contributed by atoms with Crippen molar-refractivity contribution in [2.45, 2.75) is 12.8 Å². The second kappa shape index (κ2) is 8.43. The highest BCUT2D eigenvalue weighted by molar-refractivity contribution is 6.39. The molecule has 0 saturated heterocycles. The predicted octanol–water partition coefficient (Wildman–Crippen LogP) is 2.43. The zero-order valence-corrected chi connectivity index (χ0v) is 13.6. The Morgan fingerprint density at radius 2 is 1.08 bits per heavy atom. The molecule has 4 N–H and O–H groups in total. The molecular weight excluding hydrogens is 340 g/mol. The van der Waals surface area contributed by atoms with Crippen LogP contribution in [0.25, 0.3) is 0 Å². The normalized spacial score (nSPS) is 10.0. The van der Waals surface area contributed by atoms with Crippen molar-refractivity contribution in [3.8, 4) is 23.0 Å². The summed E-state index contributed by atoms with van der Waals surface area (Å²) in [5.74, 6) is -2.64. The molecule has 0 unspecified atom stereocenters. The van der Waals surface area contributed by atoms with Gasteiger partial charge in [0.05, 0.1) is 0 Å². The van der Waals surface area contributed by atoms with Gasteiger partial charge in [-0.05, 0) is 24.3 Å². The minimum atomic E-state index is -0.992. The van der Waals surface area contributed by atoms with Crippen LogP contribution in [-0.2, 0) is 9.59 Å². The lowest BCUT2D eigenvalue weighted by molar-refractivity contribution is -0.128. The molecule has 0 aliphatic rings. The van der Waals surface area contributed by atoms with Gasteiger partial charge in [-0.2, -0.15) is 0 Å². The summed E-state index contributed by atoms with van der Waals surface area (Å²) in [6.45, 7) is 0. The molecule has 0 radical (unpaired) electrons. The van der Waals surface area contributed by atoms with E-state index in [9.17, 15) is 19.8 Å². The van der Waals surface area contributed by atoms with Gasteiger partial charge >= 0.3 is 11.9 Å². The van der Waals surface area contributed by atoms with E-state index in [1.165, 1.54) is 24.3 Å². The van der Waals surface area contributed by atoms with Gasteiger partial charge in [0.15, 0.2) is 23.0 Å². The zero-order valence-electron chi connectivity index (χ0n) is 13.6. The van der Waals surface area contributed by atoms with E-state index in [2.05, 4.69) is 0 Å². The Kier molecular flexibility index (Phi) is 6.05. The molecule has 2 rings (SSSR count). The summed E-state index contributed by atoms with van der Waals surface area (Å²) in [7, 11) is 0. The average molecular weight is 356 g/mol. The molecule has 0 spiro atoms. The summed E-state index contributed by atoms with van der Waals surface area (Å²) in [5, 5.41) is 34.4. The molecular formula is C18H16N2O6. The minimum absolute atomic E-state index is 0.0868. The van der Waals surface area contributed by atoms with E-state index in [0.29, 0.717) is 0 Å². The second-order valence-electron chi connectivity index (χ2n) is 5.17. The van der Waals surface area contributed by atoms with Crippen molar-refractivity contribution in [1.82, 2.24) is 0 Å². The Morgan fingerprint density at radius 3 is 1.42 bits per heavy atom. The first kappa shape index (κ1) is 18.7. The number of hydrogen-bond donors (Lipinski definition) is 4. The minimum Gasteiger partial charge on any atom is -0.504 e. The van der Waals surface area contributed by atoms with Gasteiger partial charge in [0, 0.05) is 12.8 Å². The van der Waals surface area contributed by atoms with E-state index in [4.69, 9.17) is 20.3 Å². The molecule has 2 aromatic rings. The smallest absolute Gasteiger partial charge is 0.357 e. The number of aromatic hydroxyl groups is 2. The van der Waals surface area contributed by atoms with Crippen LogP contribution in [0.15, 0.2) is 48.5 Å². The first-order valence-electron chi connectivity index (χ1n) is 7.53. The van der Waals surface area contributed by atoms with E-state index in [1.54, 1.807) is 24.3 Å². The maximum Gasteiger partial charge on any atom is 0.357 e. The van der Waals surface area contributed by atoms with Crippen molar-refractivity contribution in [1.29, 1.82) is 10.8 Å². The first-order chi connectivity index (χ1) is 12.4. The summed E-state index contributed by atoms with van der Waals surface area (Å²) in [6.07, 6.45) is -0.442. The number of carbonyl (C=O) groups excluding carboxylic acids is 2. The number of carbonyl (C=O) groups is 2. The van der Waals surface area contributed by atoms with Crippen molar-refractivity contribution in [3.63, 3.8) is 0 Å². The zero-order chi connectivity index (χ0) is 19.1. The van der Waals surface area contributed by atoms with Gasteiger partial charge in [0.25, 0.3) is 0 Å². The molecule has 8 heteroatoms. The lowest BCUT2D eigenvalue weighted by Gasteiger charge is -2.08. The molecule has 0 fully saturated rings. The van der Waals surface area contributed by atoms with E-state index in [-0.39, 0.29) is 35.8 Å². The molecule has 0 aliphatic heterocycles. The fourth-order valence-corrected chi connectivity index (χ4v) is 1.86. The van der Waals surface area contributed by atoms with Gasteiger partial charge in [-0.3, -0.25) is 10.8 Å². The molecule has 2 aromatic carbocycles. The maximum atomic E-state index is 11.8. The Hall–Kier alpha value is -3.68. The third-order valence-electron chi connectivity index (χ3n) is 3.25. The van der Waals surface area contributed by atoms with Crippen molar-refractivity contribution < 1.29 is 29.3 Å². The monoisotopic (exact) mass is 356 g/mol. The number of esters is 2. The summed E-state index contributed by atoms with van der Waals surface area (Å²) in [5.41, 5.74) is -0.929. The van der Waals surface area contributed by atoms with Gasteiger partial charge in [-0.25, -0.2) is 9.59 Å². The van der Waals surface area contributed by atoms with Crippen LogP contribution < -0.4 is 9.47 Å². The van der Waals surface area contributed by atoms with Crippen LogP contribution in [0.4, 0.5) is 0 Å². The third kappa shape index (κ3) is 4.91. The van der Waals surface area contributed by atoms with Crippen LogP contribution in [0.3, 0.4) is 0 Å². The fraction of sp³-hybridized carbons (Fsp3) is 0.111. The van der Waals surface area contributed by atoms with Crippen LogP contribution in [0.2, 0.25) is 0 Å². The van der Waals surface area contributed by atoms with Gasteiger partial charge in [-0.15, -0.1) is 0 Å². The summed E-state index contributed by atoms with van der Waals surface area (Å²) >= 11 is 0. The van der Waals surface area contributed by atoms with E-state index in [1.807, 2.05) is 0 Å². The third-order valence-corrected chi connectivity index (χ3v) is 3.25. The number of phenolic OH excluding ortho intramolecular Hbond substituents is 2. The number of para-hydroxylation sites is 4.